The molecule has 7 nitrogen and oxygen atoms in total. The van der Waals surface area contributed by atoms with E-state index in [-0.39, 0.29) is 17.9 Å². The molecular weight excluding hydrogens is 280 g/mol. The number of nitrogens with zero attached hydrogens (tertiary/aromatic N) is 1. The summed E-state index contributed by atoms with van der Waals surface area (Å²) in [6.45, 7) is 0.172. The Morgan fingerprint density at radius 2 is 2.15 bits per heavy atom. The highest BCUT2D eigenvalue weighted by Crippen LogP contribution is 2.32. The molecule has 20 heavy (non-hydrogen) atoms. The van der Waals surface area contributed by atoms with Crippen LogP contribution in [0.5, 0.6) is 0 Å². The predicted molar refractivity (Wildman–Crippen MR) is 78.7 cm³/mol. The first-order valence-electron chi connectivity index (χ1n) is 5.81. The van der Waals surface area contributed by atoms with Gasteiger partial charge in [-0.05, 0) is 34.5 Å². The maximum Gasteiger partial charge on any atom is 0.316 e. The minimum absolute atomic E-state index is 0.146. The number of para-hydroxylation sites is 1. The van der Waals surface area contributed by atoms with Crippen LogP contribution in [0.4, 0.5) is 17.1 Å². The number of aliphatic hydroxyl groups is 1. The number of benzene rings is 1. The summed E-state index contributed by atoms with van der Waals surface area (Å²) in [5.41, 5.74) is 3.44. The van der Waals surface area contributed by atoms with Crippen molar-refractivity contribution >= 4 is 28.4 Å². The molecule has 8 heteroatoms. The van der Waals surface area contributed by atoms with Crippen molar-refractivity contribution < 1.29 is 10.0 Å². The van der Waals surface area contributed by atoms with Gasteiger partial charge >= 0.3 is 5.69 Å². The molecule has 2 aromatic rings. The van der Waals surface area contributed by atoms with E-state index in [0.717, 1.165) is 5.56 Å². The molecule has 1 heterocycles. The van der Waals surface area contributed by atoms with Crippen molar-refractivity contribution in [1.29, 1.82) is 0 Å². The Bertz CT molecular complexity index is 588. The van der Waals surface area contributed by atoms with Gasteiger partial charge in [-0.15, -0.1) is 0 Å². The number of hydrogen-bond acceptors (Lipinski definition) is 7. The van der Waals surface area contributed by atoms with E-state index in [9.17, 15) is 15.2 Å². The second-order valence-corrected chi connectivity index (χ2v) is 4.84. The summed E-state index contributed by atoms with van der Waals surface area (Å²) in [6, 6.07) is 6.53. The number of rotatable bonds is 6. The molecule has 0 bridgehead atoms. The Hall–Kier alpha value is -2.16. The highest BCUT2D eigenvalue weighted by molar-refractivity contribution is 7.07. The van der Waals surface area contributed by atoms with E-state index in [2.05, 4.69) is 10.7 Å². The average Bonchev–Trinajstić information content (AvgIpc) is 2.98. The summed E-state index contributed by atoms with van der Waals surface area (Å²) in [7, 11) is 0. The van der Waals surface area contributed by atoms with Gasteiger partial charge in [0.15, 0.2) is 0 Å². The Balaban J connectivity index is 2.15. The van der Waals surface area contributed by atoms with Crippen molar-refractivity contribution in [3.63, 3.8) is 0 Å². The second-order valence-electron chi connectivity index (χ2n) is 4.06. The second kappa shape index (κ2) is 6.33. The average molecular weight is 294 g/mol. The number of nitrogens with one attached hydrogen (secondary N) is 2. The maximum atomic E-state index is 11.1. The van der Waals surface area contributed by atoms with Crippen molar-refractivity contribution in [2.75, 3.05) is 17.3 Å². The molecule has 1 unspecified atom stereocenters. The van der Waals surface area contributed by atoms with E-state index in [1.54, 1.807) is 12.1 Å². The summed E-state index contributed by atoms with van der Waals surface area (Å²) in [5, 5.41) is 27.6. The number of nitrogens with two attached hydrogens (primary N) is 1. The molecule has 0 amide bonds. The van der Waals surface area contributed by atoms with Crippen LogP contribution in [0.2, 0.25) is 0 Å². The Kier molecular flexibility index (Phi) is 4.51. The third-order valence-electron chi connectivity index (χ3n) is 2.79. The van der Waals surface area contributed by atoms with Gasteiger partial charge in [-0.1, -0.05) is 6.07 Å². The molecule has 1 atom stereocenters. The monoisotopic (exact) mass is 294 g/mol. The molecule has 106 valence electrons. The van der Waals surface area contributed by atoms with Gasteiger partial charge in [0.05, 0.1) is 11.0 Å². The number of aliphatic hydroxyl groups excluding tert-OH is 1. The van der Waals surface area contributed by atoms with Crippen LogP contribution >= 0.6 is 11.3 Å². The number of nitrogen functional groups attached to an aromatic ring is 1. The highest BCUT2D eigenvalue weighted by Gasteiger charge is 2.19. The Morgan fingerprint density at radius 3 is 2.75 bits per heavy atom. The highest BCUT2D eigenvalue weighted by atomic mass is 32.1. The van der Waals surface area contributed by atoms with Gasteiger partial charge in [0, 0.05) is 6.54 Å². The van der Waals surface area contributed by atoms with Gasteiger partial charge in [0.2, 0.25) is 0 Å². The molecule has 2 rings (SSSR count). The first-order chi connectivity index (χ1) is 9.63. The minimum Gasteiger partial charge on any atom is -0.387 e. The molecule has 0 aliphatic rings. The predicted octanol–water partition coefficient (Wildman–Crippen LogP) is 2.09. The normalized spacial score (nSPS) is 11.9. The van der Waals surface area contributed by atoms with Gasteiger partial charge in [-0.3, -0.25) is 16.0 Å². The fourth-order valence-corrected chi connectivity index (χ4v) is 2.50. The number of hydrazine groups is 1. The number of nitro groups is 1. The van der Waals surface area contributed by atoms with E-state index in [4.69, 9.17) is 5.84 Å². The zero-order chi connectivity index (χ0) is 14.5. The fourth-order valence-electron chi connectivity index (χ4n) is 1.79. The zero-order valence-corrected chi connectivity index (χ0v) is 11.3. The van der Waals surface area contributed by atoms with Crippen molar-refractivity contribution in [3.05, 3.63) is 50.7 Å². The molecule has 0 fully saturated rings. The van der Waals surface area contributed by atoms with Crippen molar-refractivity contribution in [3.8, 4) is 0 Å². The standard InChI is InChI=1S/C12H14N4O3S/c13-15-10-3-1-2-9(12(10)16(18)19)14-6-11(17)8-4-5-20-7-8/h1-5,7,11,14-15,17H,6,13H2. The van der Waals surface area contributed by atoms with E-state index in [0.29, 0.717) is 5.69 Å². The third kappa shape index (κ3) is 3.05. The molecule has 1 aromatic heterocycles. The minimum atomic E-state index is -0.727. The number of hydrogen-bond donors (Lipinski definition) is 4. The van der Waals surface area contributed by atoms with Crippen molar-refractivity contribution in [2.45, 2.75) is 6.10 Å². The molecular formula is C12H14N4O3S. The third-order valence-corrected chi connectivity index (χ3v) is 3.49. The van der Waals surface area contributed by atoms with Crippen LogP contribution in [0.3, 0.4) is 0 Å². The number of nitro benzene ring substituents is 1. The fraction of sp³-hybridized carbons (Fsp3) is 0.167. The summed E-state index contributed by atoms with van der Waals surface area (Å²) in [6.07, 6.45) is -0.727. The molecule has 0 spiro atoms. The molecule has 0 saturated carbocycles. The molecule has 0 aliphatic carbocycles. The summed E-state index contributed by atoms with van der Waals surface area (Å²) < 4.78 is 0. The van der Waals surface area contributed by atoms with Gasteiger partial charge < -0.3 is 15.8 Å². The van der Waals surface area contributed by atoms with Gasteiger partial charge in [0.1, 0.15) is 11.4 Å². The van der Waals surface area contributed by atoms with Crippen molar-refractivity contribution in [1.82, 2.24) is 0 Å². The molecule has 0 aliphatic heterocycles. The SMILES string of the molecule is NNc1cccc(NCC(O)c2ccsc2)c1[N+](=O)[O-]. The molecule has 0 radical (unpaired) electrons. The van der Waals surface area contributed by atoms with Crippen LogP contribution in [0.1, 0.15) is 11.7 Å². The van der Waals surface area contributed by atoms with Gasteiger partial charge in [0.25, 0.3) is 0 Å². The Labute approximate surface area is 119 Å². The van der Waals surface area contributed by atoms with Crippen LogP contribution in [-0.4, -0.2) is 16.6 Å². The van der Waals surface area contributed by atoms with E-state index >= 15 is 0 Å². The lowest BCUT2D eigenvalue weighted by Gasteiger charge is -2.13. The molecule has 0 saturated heterocycles. The maximum absolute atomic E-state index is 11.1. The van der Waals surface area contributed by atoms with Gasteiger partial charge in [-0.25, -0.2) is 0 Å². The largest absolute Gasteiger partial charge is 0.387 e. The zero-order valence-electron chi connectivity index (χ0n) is 10.4. The van der Waals surface area contributed by atoms with Crippen LogP contribution < -0.4 is 16.6 Å². The van der Waals surface area contributed by atoms with E-state index in [1.807, 2.05) is 16.8 Å². The topological polar surface area (TPSA) is 113 Å². The summed E-state index contributed by atoms with van der Waals surface area (Å²) >= 11 is 1.48. The molecule has 5 N–H and O–H groups in total. The smallest absolute Gasteiger partial charge is 0.316 e. The van der Waals surface area contributed by atoms with Crippen LogP contribution in [0, 0.1) is 10.1 Å². The van der Waals surface area contributed by atoms with Crippen LogP contribution in [-0.2, 0) is 0 Å². The summed E-state index contributed by atoms with van der Waals surface area (Å²) in [5.74, 6) is 5.26. The Morgan fingerprint density at radius 1 is 1.40 bits per heavy atom. The summed E-state index contributed by atoms with van der Waals surface area (Å²) in [4.78, 5) is 10.6. The lowest BCUT2D eigenvalue weighted by atomic mass is 10.2. The number of thiophene rings is 1. The van der Waals surface area contributed by atoms with Gasteiger partial charge in [-0.2, -0.15) is 11.3 Å². The van der Waals surface area contributed by atoms with E-state index in [1.165, 1.54) is 17.4 Å². The quantitative estimate of drug-likeness (QED) is 0.368. The van der Waals surface area contributed by atoms with Crippen LogP contribution in [0.25, 0.3) is 0 Å². The van der Waals surface area contributed by atoms with E-state index < -0.39 is 11.0 Å². The molecule has 1 aromatic carbocycles. The number of anilines is 2. The first kappa shape index (κ1) is 14.3. The van der Waals surface area contributed by atoms with Crippen molar-refractivity contribution in [2.24, 2.45) is 5.84 Å². The lowest BCUT2D eigenvalue weighted by molar-refractivity contribution is -0.383. The lowest BCUT2D eigenvalue weighted by Crippen LogP contribution is -2.14. The van der Waals surface area contributed by atoms with Crippen LogP contribution in [0.15, 0.2) is 35.0 Å². The first-order valence-corrected chi connectivity index (χ1v) is 6.76.